The highest BCUT2D eigenvalue weighted by Gasteiger charge is 2.32. The lowest BCUT2D eigenvalue weighted by atomic mass is 10.0. The Hall–Kier alpha value is -3.12. The topological polar surface area (TPSA) is 194 Å². The summed E-state index contributed by atoms with van der Waals surface area (Å²) in [7, 11) is 0. The number of nitrogens with two attached hydrogens (primary N) is 2. The van der Waals surface area contributed by atoms with Crippen molar-refractivity contribution in [3.05, 3.63) is 35.9 Å². The van der Waals surface area contributed by atoms with Crippen molar-refractivity contribution in [3.8, 4) is 0 Å². The molecule has 0 fully saturated rings. The van der Waals surface area contributed by atoms with E-state index in [9.17, 15) is 29.1 Å². The molecule has 0 aliphatic heterocycles. The molecule has 0 spiro atoms. The summed E-state index contributed by atoms with van der Waals surface area (Å²) in [5.74, 6) is -3.97. The van der Waals surface area contributed by atoms with Crippen LogP contribution in [0.25, 0.3) is 0 Å². The summed E-state index contributed by atoms with van der Waals surface area (Å²) in [5, 5.41) is 16.9. The minimum Gasteiger partial charge on any atom is -0.480 e. The Labute approximate surface area is 209 Å². The number of carboxylic acid groups (broad SMARTS) is 1. The number of benzene rings is 1. The van der Waals surface area contributed by atoms with Gasteiger partial charge in [-0.25, -0.2) is 4.79 Å². The number of carboxylic acids is 1. The van der Waals surface area contributed by atoms with Crippen molar-refractivity contribution in [2.75, 3.05) is 12.0 Å². The fraction of sp³-hybridized carbons (Fsp3) is 0.522. The maximum absolute atomic E-state index is 12.9. The summed E-state index contributed by atoms with van der Waals surface area (Å²) in [6.07, 6.45) is 1.75. The molecule has 0 radical (unpaired) electrons. The van der Waals surface area contributed by atoms with Crippen LogP contribution in [0, 0.1) is 5.92 Å². The van der Waals surface area contributed by atoms with E-state index in [1.165, 1.54) is 11.8 Å². The van der Waals surface area contributed by atoms with Crippen molar-refractivity contribution in [2.24, 2.45) is 17.4 Å². The molecular formula is C23H35N5O6S. The predicted molar refractivity (Wildman–Crippen MR) is 133 cm³/mol. The van der Waals surface area contributed by atoms with Gasteiger partial charge >= 0.3 is 5.97 Å². The van der Waals surface area contributed by atoms with Crippen molar-refractivity contribution < 1.29 is 29.1 Å². The minimum absolute atomic E-state index is 0.00222. The molecule has 0 heterocycles. The third kappa shape index (κ3) is 10.8. The highest BCUT2D eigenvalue weighted by Crippen LogP contribution is 2.07. The molecule has 1 aromatic rings. The first-order valence-corrected chi connectivity index (χ1v) is 12.6. The number of carbonyl (C=O) groups is 5. The summed E-state index contributed by atoms with van der Waals surface area (Å²) in [6.45, 7) is 3.39. The van der Waals surface area contributed by atoms with Gasteiger partial charge in [0.2, 0.25) is 23.6 Å². The molecule has 12 heteroatoms. The van der Waals surface area contributed by atoms with Gasteiger partial charge in [-0.05, 0) is 29.9 Å². The van der Waals surface area contributed by atoms with E-state index in [4.69, 9.17) is 11.5 Å². The predicted octanol–water partition coefficient (Wildman–Crippen LogP) is -0.620. The van der Waals surface area contributed by atoms with Gasteiger partial charge in [0, 0.05) is 6.42 Å². The molecule has 4 amide bonds. The first-order chi connectivity index (χ1) is 16.5. The third-order valence-corrected chi connectivity index (χ3v) is 5.80. The van der Waals surface area contributed by atoms with Crippen LogP contribution in [-0.2, 0) is 30.4 Å². The lowest BCUT2D eigenvalue weighted by molar-refractivity contribution is -0.142. The molecule has 0 saturated carbocycles. The number of aliphatic carboxylic acids is 1. The van der Waals surface area contributed by atoms with E-state index >= 15 is 0 Å². The largest absolute Gasteiger partial charge is 0.480 e. The molecular weight excluding hydrogens is 474 g/mol. The van der Waals surface area contributed by atoms with E-state index < -0.39 is 60.2 Å². The van der Waals surface area contributed by atoms with E-state index in [1.807, 2.05) is 6.26 Å². The SMILES string of the molecule is CSCCC(N)C(=O)NC(C(=O)NC(CC(N)=O)C(=O)NC(Cc1ccccc1)C(=O)O)C(C)C. The molecule has 4 unspecified atom stereocenters. The number of rotatable bonds is 15. The summed E-state index contributed by atoms with van der Waals surface area (Å²) in [6, 6.07) is 4.10. The first-order valence-electron chi connectivity index (χ1n) is 11.2. The molecule has 4 atom stereocenters. The van der Waals surface area contributed by atoms with Crippen LogP contribution in [0.1, 0.15) is 32.3 Å². The van der Waals surface area contributed by atoms with Gasteiger partial charge in [0.05, 0.1) is 12.5 Å². The molecule has 0 aliphatic rings. The van der Waals surface area contributed by atoms with Crippen molar-refractivity contribution in [3.63, 3.8) is 0 Å². The zero-order valence-corrected chi connectivity index (χ0v) is 21.0. The summed E-state index contributed by atoms with van der Waals surface area (Å²) in [4.78, 5) is 61.5. The minimum atomic E-state index is -1.43. The third-order valence-electron chi connectivity index (χ3n) is 5.15. The highest BCUT2D eigenvalue weighted by molar-refractivity contribution is 7.98. The van der Waals surface area contributed by atoms with Crippen LogP contribution in [0.3, 0.4) is 0 Å². The molecule has 35 heavy (non-hydrogen) atoms. The Kier molecular flexibility index (Phi) is 12.8. The smallest absolute Gasteiger partial charge is 0.326 e. The number of nitrogens with one attached hydrogen (secondary N) is 3. The van der Waals surface area contributed by atoms with Crippen LogP contribution in [0.2, 0.25) is 0 Å². The molecule has 11 nitrogen and oxygen atoms in total. The number of hydrogen-bond donors (Lipinski definition) is 6. The second-order valence-corrected chi connectivity index (χ2v) is 9.42. The van der Waals surface area contributed by atoms with Gasteiger partial charge in [-0.15, -0.1) is 0 Å². The molecule has 0 bridgehead atoms. The number of carbonyl (C=O) groups excluding carboxylic acids is 4. The first kappa shape index (κ1) is 29.9. The number of primary amides is 1. The molecule has 194 valence electrons. The Morgan fingerprint density at radius 2 is 1.54 bits per heavy atom. The summed E-state index contributed by atoms with van der Waals surface area (Å²) < 4.78 is 0. The quantitative estimate of drug-likeness (QED) is 0.180. The van der Waals surface area contributed by atoms with Gasteiger partial charge in [0.1, 0.15) is 18.1 Å². The molecule has 0 aromatic heterocycles. The second kappa shape index (κ2) is 15.0. The maximum atomic E-state index is 12.9. The van der Waals surface area contributed by atoms with Crippen LogP contribution >= 0.6 is 11.8 Å². The number of thioether (sulfide) groups is 1. The number of amides is 4. The van der Waals surface area contributed by atoms with Gasteiger partial charge in [-0.1, -0.05) is 44.2 Å². The molecule has 1 aromatic carbocycles. The van der Waals surface area contributed by atoms with Gasteiger partial charge in [-0.3, -0.25) is 19.2 Å². The van der Waals surface area contributed by atoms with Gasteiger partial charge < -0.3 is 32.5 Å². The van der Waals surface area contributed by atoms with E-state index in [0.717, 1.165) is 0 Å². The second-order valence-electron chi connectivity index (χ2n) is 8.44. The average Bonchev–Trinajstić information content (AvgIpc) is 2.79. The Morgan fingerprint density at radius 1 is 0.943 bits per heavy atom. The van der Waals surface area contributed by atoms with Gasteiger partial charge in [0.15, 0.2) is 0 Å². The van der Waals surface area contributed by atoms with Crippen LogP contribution in [0.15, 0.2) is 30.3 Å². The number of hydrogen-bond acceptors (Lipinski definition) is 7. The fourth-order valence-electron chi connectivity index (χ4n) is 3.17. The zero-order valence-electron chi connectivity index (χ0n) is 20.2. The maximum Gasteiger partial charge on any atom is 0.326 e. The Balaban J connectivity index is 2.95. The van der Waals surface area contributed by atoms with Crippen molar-refractivity contribution in [1.29, 1.82) is 0 Å². The average molecular weight is 510 g/mol. The van der Waals surface area contributed by atoms with Crippen molar-refractivity contribution in [1.82, 2.24) is 16.0 Å². The van der Waals surface area contributed by atoms with Crippen LogP contribution < -0.4 is 27.4 Å². The van der Waals surface area contributed by atoms with E-state index in [2.05, 4.69) is 16.0 Å². The van der Waals surface area contributed by atoms with Crippen molar-refractivity contribution in [2.45, 2.75) is 57.3 Å². The summed E-state index contributed by atoms with van der Waals surface area (Å²) >= 11 is 1.53. The molecule has 0 aliphatic carbocycles. The fourth-order valence-corrected chi connectivity index (χ4v) is 3.65. The van der Waals surface area contributed by atoms with E-state index in [0.29, 0.717) is 17.7 Å². The Bertz CT molecular complexity index is 882. The van der Waals surface area contributed by atoms with Crippen LogP contribution in [-0.4, -0.2) is 70.9 Å². The highest BCUT2D eigenvalue weighted by atomic mass is 32.2. The van der Waals surface area contributed by atoms with Gasteiger partial charge in [0.25, 0.3) is 0 Å². The molecule has 0 saturated heterocycles. The van der Waals surface area contributed by atoms with E-state index in [1.54, 1.807) is 44.2 Å². The zero-order chi connectivity index (χ0) is 26.5. The lowest BCUT2D eigenvalue weighted by Gasteiger charge is -2.26. The standard InChI is InChI=1S/C23H35N5O6S/c1-13(2)19(28-20(30)15(24)9-10-35-3)22(32)26-16(12-18(25)29)21(31)27-17(23(33)34)11-14-7-5-4-6-8-14/h4-8,13,15-17,19H,9-12,24H2,1-3H3,(H2,25,29)(H,26,32)(H,27,31)(H,28,30)(H,33,34). The lowest BCUT2D eigenvalue weighted by Crippen LogP contribution is -2.59. The van der Waals surface area contributed by atoms with Gasteiger partial charge in [-0.2, -0.15) is 11.8 Å². The van der Waals surface area contributed by atoms with Crippen LogP contribution in [0.4, 0.5) is 0 Å². The van der Waals surface area contributed by atoms with E-state index in [-0.39, 0.29) is 12.3 Å². The normalized spacial score (nSPS) is 14.3. The Morgan fingerprint density at radius 3 is 2.06 bits per heavy atom. The molecule has 8 N–H and O–H groups in total. The summed E-state index contributed by atoms with van der Waals surface area (Å²) in [5.41, 5.74) is 11.8. The molecule has 1 rings (SSSR count). The van der Waals surface area contributed by atoms with Crippen LogP contribution in [0.5, 0.6) is 0 Å². The van der Waals surface area contributed by atoms with Crippen molar-refractivity contribution >= 4 is 41.4 Å². The monoisotopic (exact) mass is 509 g/mol.